The Kier molecular flexibility index (Phi) is 1.85. The second kappa shape index (κ2) is 3.02. The van der Waals surface area contributed by atoms with Crippen molar-refractivity contribution in [3.05, 3.63) is 30.4 Å². The second-order valence-corrected chi connectivity index (χ2v) is 2.84. The number of nitrogen functional groups attached to an aromatic ring is 1. The van der Waals surface area contributed by atoms with Gasteiger partial charge in [0.15, 0.2) is 5.69 Å². The molecule has 0 saturated heterocycles. The molecule has 0 spiro atoms. The number of hydrogen-bond donors (Lipinski definition) is 1. The van der Waals surface area contributed by atoms with Gasteiger partial charge in [0.1, 0.15) is 6.33 Å². The fourth-order valence-electron chi connectivity index (χ4n) is 1.27. The van der Waals surface area contributed by atoms with E-state index in [2.05, 4.69) is 9.72 Å². The number of fused-ring (bicyclic) bond motifs is 1. The van der Waals surface area contributed by atoms with E-state index in [0.717, 1.165) is 0 Å². The molecule has 2 N–H and O–H groups in total. The molecule has 0 bridgehead atoms. The third-order valence-corrected chi connectivity index (χ3v) is 1.93. The van der Waals surface area contributed by atoms with Crippen LogP contribution in [0.4, 0.5) is 5.69 Å². The highest BCUT2D eigenvalue weighted by atomic mass is 16.5. The summed E-state index contributed by atoms with van der Waals surface area (Å²) in [7, 11) is 1.32. The molecule has 0 unspecified atom stereocenters. The van der Waals surface area contributed by atoms with Crippen LogP contribution in [0.2, 0.25) is 0 Å². The standard InChI is InChI=1S/C9H9N3O2/c1-14-9(13)8-7-3-2-6(10)4-12(7)5-11-8/h2-5H,10H2,1H3. The number of esters is 1. The topological polar surface area (TPSA) is 69.6 Å². The summed E-state index contributed by atoms with van der Waals surface area (Å²) in [5.41, 5.74) is 7.18. The summed E-state index contributed by atoms with van der Waals surface area (Å²) in [6.07, 6.45) is 3.22. The van der Waals surface area contributed by atoms with Gasteiger partial charge in [-0.15, -0.1) is 0 Å². The Bertz CT molecular complexity index is 490. The van der Waals surface area contributed by atoms with Crippen molar-refractivity contribution < 1.29 is 9.53 Å². The van der Waals surface area contributed by atoms with E-state index in [0.29, 0.717) is 16.9 Å². The van der Waals surface area contributed by atoms with Gasteiger partial charge in [-0.3, -0.25) is 0 Å². The Morgan fingerprint density at radius 3 is 3.07 bits per heavy atom. The van der Waals surface area contributed by atoms with Gasteiger partial charge in [0.25, 0.3) is 0 Å². The maximum absolute atomic E-state index is 11.2. The molecule has 0 radical (unpaired) electrons. The largest absolute Gasteiger partial charge is 0.464 e. The van der Waals surface area contributed by atoms with Crippen molar-refractivity contribution in [1.82, 2.24) is 9.38 Å². The fourth-order valence-corrected chi connectivity index (χ4v) is 1.27. The van der Waals surface area contributed by atoms with Crippen molar-refractivity contribution >= 4 is 17.2 Å². The Morgan fingerprint density at radius 2 is 2.36 bits per heavy atom. The van der Waals surface area contributed by atoms with Crippen LogP contribution in [0.25, 0.3) is 5.52 Å². The minimum Gasteiger partial charge on any atom is -0.464 e. The number of carbonyl (C=O) groups excluding carboxylic acids is 1. The van der Waals surface area contributed by atoms with E-state index in [1.54, 1.807) is 22.7 Å². The summed E-state index contributed by atoms with van der Waals surface area (Å²) in [5.74, 6) is -0.447. The SMILES string of the molecule is COC(=O)c1ncn2cc(N)ccc12. The summed E-state index contributed by atoms with van der Waals surface area (Å²) >= 11 is 0. The van der Waals surface area contributed by atoms with E-state index in [4.69, 9.17) is 5.73 Å². The van der Waals surface area contributed by atoms with Crippen LogP contribution in [-0.4, -0.2) is 22.5 Å². The van der Waals surface area contributed by atoms with Crippen molar-refractivity contribution in [3.63, 3.8) is 0 Å². The van der Waals surface area contributed by atoms with E-state index >= 15 is 0 Å². The van der Waals surface area contributed by atoms with Gasteiger partial charge < -0.3 is 14.9 Å². The first-order valence-corrected chi connectivity index (χ1v) is 4.03. The van der Waals surface area contributed by atoms with Gasteiger partial charge in [-0.2, -0.15) is 0 Å². The lowest BCUT2D eigenvalue weighted by Crippen LogP contribution is -2.02. The van der Waals surface area contributed by atoms with Gasteiger partial charge in [-0.1, -0.05) is 0 Å². The Morgan fingerprint density at radius 1 is 1.57 bits per heavy atom. The van der Waals surface area contributed by atoms with Crippen molar-refractivity contribution in [2.75, 3.05) is 12.8 Å². The molecule has 0 fully saturated rings. The average molecular weight is 191 g/mol. The number of pyridine rings is 1. The van der Waals surface area contributed by atoms with E-state index < -0.39 is 5.97 Å². The lowest BCUT2D eigenvalue weighted by atomic mass is 10.3. The minimum atomic E-state index is -0.447. The summed E-state index contributed by atoms with van der Waals surface area (Å²) in [5, 5.41) is 0. The normalized spacial score (nSPS) is 10.4. The number of aromatic nitrogens is 2. The van der Waals surface area contributed by atoms with Gasteiger partial charge in [-0.25, -0.2) is 9.78 Å². The highest BCUT2D eigenvalue weighted by Gasteiger charge is 2.12. The Balaban J connectivity index is 2.64. The molecule has 5 heteroatoms. The van der Waals surface area contributed by atoms with Crippen LogP contribution in [0.3, 0.4) is 0 Å². The predicted molar refractivity (Wildman–Crippen MR) is 50.9 cm³/mol. The monoisotopic (exact) mass is 191 g/mol. The zero-order valence-electron chi connectivity index (χ0n) is 7.60. The number of rotatable bonds is 1. The van der Waals surface area contributed by atoms with Crippen molar-refractivity contribution in [1.29, 1.82) is 0 Å². The number of anilines is 1. The molecule has 0 atom stereocenters. The number of carbonyl (C=O) groups is 1. The van der Waals surface area contributed by atoms with Gasteiger partial charge in [0, 0.05) is 11.9 Å². The Hall–Kier alpha value is -2.04. The molecule has 14 heavy (non-hydrogen) atoms. The van der Waals surface area contributed by atoms with Crippen LogP contribution in [0.5, 0.6) is 0 Å². The molecule has 2 aromatic heterocycles. The van der Waals surface area contributed by atoms with Crippen molar-refractivity contribution in [3.8, 4) is 0 Å². The first kappa shape index (κ1) is 8.55. The number of imidazole rings is 1. The van der Waals surface area contributed by atoms with E-state index in [1.165, 1.54) is 13.4 Å². The van der Waals surface area contributed by atoms with Crippen LogP contribution in [0, 0.1) is 0 Å². The van der Waals surface area contributed by atoms with Gasteiger partial charge in [0.05, 0.1) is 12.6 Å². The highest BCUT2D eigenvalue weighted by molar-refractivity contribution is 5.94. The summed E-state index contributed by atoms with van der Waals surface area (Å²) in [4.78, 5) is 15.2. The third-order valence-electron chi connectivity index (χ3n) is 1.93. The molecule has 2 rings (SSSR count). The molecule has 2 heterocycles. The van der Waals surface area contributed by atoms with Crippen LogP contribution in [-0.2, 0) is 4.74 Å². The first-order valence-electron chi connectivity index (χ1n) is 4.03. The smallest absolute Gasteiger partial charge is 0.358 e. The summed E-state index contributed by atoms with van der Waals surface area (Å²) in [6, 6.07) is 3.44. The van der Waals surface area contributed by atoms with Crippen LogP contribution >= 0.6 is 0 Å². The maximum Gasteiger partial charge on any atom is 0.358 e. The molecule has 0 amide bonds. The second-order valence-electron chi connectivity index (χ2n) is 2.84. The maximum atomic E-state index is 11.2. The van der Waals surface area contributed by atoms with E-state index in [-0.39, 0.29) is 0 Å². The fraction of sp³-hybridized carbons (Fsp3) is 0.111. The lowest BCUT2D eigenvalue weighted by Gasteiger charge is -1.97. The molecular weight excluding hydrogens is 182 g/mol. The number of nitrogens with two attached hydrogens (primary N) is 1. The van der Waals surface area contributed by atoms with Crippen LogP contribution in [0.1, 0.15) is 10.5 Å². The molecule has 0 aliphatic heterocycles. The van der Waals surface area contributed by atoms with E-state index in [9.17, 15) is 4.79 Å². The zero-order valence-corrected chi connectivity index (χ0v) is 7.60. The third kappa shape index (κ3) is 1.19. The van der Waals surface area contributed by atoms with Gasteiger partial charge >= 0.3 is 5.97 Å². The van der Waals surface area contributed by atoms with Crippen molar-refractivity contribution in [2.45, 2.75) is 0 Å². The quantitative estimate of drug-likeness (QED) is 0.674. The minimum absolute atomic E-state index is 0.299. The number of hydrogen-bond acceptors (Lipinski definition) is 4. The first-order chi connectivity index (χ1) is 6.72. The Labute approximate surface area is 80.1 Å². The number of methoxy groups -OCH3 is 1. The molecule has 0 aliphatic carbocycles. The van der Waals surface area contributed by atoms with Crippen molar-refractivity contribution in [2.24, 2.45) is 0 Å². The zero-order chi connectivity index (χ0) is 10.1. The number of nitrogens with zero attached hydrogens (tertiary/aromatic N) is 2. The molecule has 5 nitrogen and oxygen atoms in total. The summed E-state index contributed by atoms with van der Waals surface area (Å²) < 4.78 is 6.27. The van der Waals surface area contributed by atoms with Gasteiger partial charge in [0.2, 0.25) is 0 Å². The van der Waals surface area contributed by atoms with Crippen LogP contribution in [0.15, 0.2) is 24.7 Å². The highest BCUT2D eigenvalue weighted by Crippen LogP contribution is 2.12. The average Bonchev–Trinajstić information content (AvgIpc) is 2.59. The van der Waals surface area contributed by atoms with Crippen LogP contribution < -0.4 is 5.73 Å². The summed E-state index contributed by atoms with van der Waals surface area (Å²) in [6.45, 7) is 0. The van der Waals surface area contributed by atoms with E-state index in [1.807, 2.05) is 0 Å². The molecule has 2 aromatic rings. The molecular formula is C9H9N3O2. The molecule has 0 aliphatic rings. The lowest BCUT2D eigenvalue weighted by molar-refractivity contribution is 0.0597. The molecule has 0 aromatic carbocycles. The predicted octanol–water partition coefficient (Wildman–Crippen LogP) is 0.703. The number of ether oxygens (including phenoxy) is 1. The van der Waals surface area contributed by atoms with Gasteiger partial charge in [-0.05, 0) is 12.1 Å². The molecule has 72 valence electrons. The molecule has 0 saturated carbocycles.